The fourth-order valence-electron chi connectivity index (χ4n) is 4.72. The maximum absolute atomic E-state index is 15.4. The van der Waals surface area contributed by atoms with Crippen molar-refractivity contribution in [2.45, 2.75) is 25.9 Å². The van der Waals surface area contributed by atoms with E-state index in [0.717, 1.165) is 40.6 Å². The van der Waals surface area contributed by atoms with E-state index in [-0.39, 0.29) is 5.82 Å². The van der Waals surface area contributed by atoms with Gasteiger partial charge in [0.1, 0.15) is 17.7 Å². The Hall–Kier alpha value is -4.30. The van der Waals surface area contributed by atoms with Crippen LogP contribution in [0.2, 0.25) is 0 Å². The molecule has 0 fully saturated rings. The first-order chi connectivity index (χ1) is 18.3. The van der Waals surface area contributed by atoms with Gasteiger partial charge in [0, 0.05) is 42.0 Å². The number of nitrogen functional groups attached to an aromatic ring is 1. The average Bonchev–Trinajstić information content (AvgIpc) is 3.29. The Kier molecular flexibility index (Phi) is 7.07. The predicted octanol–water partition coefficient (Wildman–Crippen LogP) is 5.58. The maximum atomic E-state index is 15.4. The van der Waals surface area contributed by atoms with E-state index in [4.69, 9.17) is 15.8 Å². The topological polar surface area (TPSA) is 84.9 Å². The van der Waals surface area contributed by atoms with Crippen molar-refractivity contribution >= 4 is 22.3 Å². The van der Waals surface area contributed by atoms with Gasteiger partial charge >= 0.3 is 0 Å². The molecule has 7 nitrogen and oxygen atoms in total. The van der Waals surface area contributed by atoms with Gasteiger partial charge in [0.15, 0.2) is 11.6 Å². The summed E-state index contributed by atoms with van der Waals surface area (Å²) in [6.07, 6.45) is 2.48. The lowest BCUT2D eigenvalue weighted by atomic mass is 10.0. The zero-order chi connectivity index (χ0) is 26.8. The van der Waals surface area contributed by atoms with E-state index >= 15 is 4.39 Å². The minimum atomic E-state index is -0.575. The Morgan fingerprint density at radius 2 is 1.87 bits per heavy atom. The molecule has 3 aromatic carbocycles. The van der Waals surface area contributed by atoms with E-state index in [2.05, 4.69) is 34.3 Å². The average molecular weight is 510 g/mol. The Morgan fingerprint density at radius 1 is 1.03 bits per heavy atom. The number of fused-ring (bicyclic) bond motifs is 1. The van der Waals surface area contributed by atoms with Gasteiger partial charge < -0.3 is 16.0 Å². The Labute approximate surface area is 222 Å². The van der Waals surface area contributed by atoms with Crippen LogP contribution in [-0.4, -0.2) is 38.7 Å². The lowest BCUT2D eigenvalue weighted by Gasteiger charge is -2.21. The number of halogens is 1. The Bertz CT molecular complexity index is 1590. The van der Waals surface area contributed by atoms with Crippen LogP contribution < -0.4 is 11.1 Å². The molecule has 0 aliphatic rings. The van der Waals surface area contributed by atoms with Crippen LogP contribution >= 0.6 is 0 Å². The van der Waals surface area contributed by atoms with E-state index in [1.807, 2.05) is 69.7 Å². The zero-order valence-corrected chi connectivity index (χ0v) is 22.1. The molecular formula is C30H32FN7. The van der Waals surface area contributed by atoms with Crippen molar-refractivity contribution in [1.29, 1.82) is 0 Å². The van der Waals surface area contributed by atoms with Crippen LogP contribution in [0.1, 0.15) is 35.5 Å². The second-order valence-corrected chi connectivity index (χ2v) is 9.77. The molecule has 5 aromatic rings. The molecule has 2 aromatic heterocycles. The number of anilines is 2. The number of rotatable bonds is 8. The van der Waals surface area contributed by atoms with Crippen LogP contribution in [0.25, 0.3) is 22.2 Å². The maximum Gasteiger partial charge on any atom is 0.181 e. The Balaban J connectivity index is 1.59. The van der Waals surface area contributed by atoms with Gasteiger partial charge in [-0.25, -0.2) is 14.4 Å². The molecule has 2 heterocycles. The molecule has 0 bridgehead atoms. The van der Waals surface area contributed by atoms with Gasteiger partial charge in [0.2, 0.25) is 0 Å². The zero-order valence-electron chi connectivity index (χ0n) is 22.1. The number of aryl methyl sites for hydroxylation is 2. The minimum absolute atomic E-state index is 0.300. The lowest BCUT2D eigenvalue weighted by Crippen LogP contribution is -2.19. The summed E-state index contributed by atoms with van der Waals surface area (Å²) in [5.41, 5.74) is 10.5. The summed E-state index contributed by atoms with van der Waals surface area (Å²) in [7, 11) is 5.92. The van der Waals surface area contributed by atoms with Crippen molar-refractivity contribution in [3.63, 3.8) is 0 Å². The SMILES string of the molecule is CCc1ccc(F)c(C(Nc2ccc3c(N)nccc3c2)c2nc(-c3cccc(CN(C)C)c3)nn2C)c1. The summed E-state index contributed by atoms with van der Waals surface area (Å²) in [5.74, 6) is 1.38. The first-order valence-corrected chi connectivity index (χ1v) is 12.7. The predicted molar refractivity (Wildman–Crippen MR) is 151 cm³/mol. The van der Waals surface area contributed by atoms with E-state index in [1.165, 1.54) is 11.6 Å². The molecule has 194 valence electrons. The lowest BCUT2D eigenvalue weighted by molar-refractivity contribution is 0.402. The molecule has 0 radical (unpaired) electrons. The molecule has 1 atom stereocenters. The van der Waals surface area contributed by atoms with Crippen LogP contribution in [0.5, 0.6) is 0 Å². The van der Waals surface area contributed by atoms with Gasteiger partial charge in [0.25, 0.3) is 0 Å². The quantitative estimate of drug-likeness (QED) is 0.284. The van der Waals surface area contributed by atoms with Gasteiger partial charge in [-0.05, 0) is 73.4 Å². The van der Waals surface area contributed by atoms with Crippen molar-refractivity contribution in [2.24, 2.45) is 7.05 Å². The smallest absolute Gasteiger partial charge is 0.181 e. The second-order valence-electron chi connectivity index (χ2n) is 9.77. The van der Waals surface area contributed by atoms with Crippen molar-refractivity contribution in [3.05, 3.63) is 101 Å². The third kappa shape index (κ3) is 5.21. The van der Waals surface area contributed by atoms with Crippen LogP contribution in [-0.2, 0) is 20.0 Å². The third-order valence-electron chi connectivity index (χ3n) is 6.62. The van der Waals surface area contributed by atoms with Crippen molar-refractivity contribution in [1.82, 2.24) is 24.6 Å². The molecule has 3 N–H and O–H groups in total. The number of aromatic nitrogens is 4. The first kappa shape index (κ1) is 25.4. The highest BCUT2D eigenvalue weighted by Gasteiger charge is 2.25. The summed E-state index contributed by atoms with van der Waals surface area (Å²) in [6, 6.07) is 20.6. The van der Waals surface area contributed by atoms with Crippen molar-refractivity contribution < 1.29 is 4.39 Å². The number of benzene rings is 3. The summed E-state index contributed by atoms with van der Waals surface area (Å²) >= 11 is 0. The molecule has 0 amide bonds. The van der Waals surface area contributed by atoms with Crippen molar-refractivity contribution in [3.8, 4) is 11.4 Å². The minimum Gasteiger partial charge on any atom is -0.383 e. The fourth-order valence-corrected chi connectivity index (χ4v) is 4.72. The van der Waals surface area contributed by atoms with E-state index in [0.29, 0.717) is 23.0 Å². The molecule has 1 unspecified atom stereocenters. The van der Waals surface area contributed by atoms with Gasteiger partial charge in [-0.15, -0.1) is 0 Å². The summed E-state index contributed by atoms with van der Waals surface area (Å²) in [5, 5.41) is 10.1. The number of nitrogens with two attached hydrogens (primary N) is 1. The van der Waals surface area contributed by atoms with Crippen LogP contribution in [0.4, 0.5) is 15.9 Å². The fraction of sp³-hybridized carbons (Fsp3) is 0.233. The normalized spacial score (nSPS) is 12.3. The highest BCUT2D eigenvalue weighted by Crippen LogP contribution is 2.32. The van der Waals surface area contributed by atoms with E-state index in [1.54, 1.807) is 10.9 Å². The molecule has 0 aliphatic carbocycles. The summed E-state index contributed by atoms with van der Waals surface area (Å²) in [6.45, 7) is 2.87. The van der Waals surface area contributed by atoms with Crippen LogP contribution in [0.15, 0.2) is 72.9 Å². The Morgan fingerprint density at radius 3 is 2.66 bits per heavy atom. The number of nitrogens with one attached hydrogen (secondary N) is 1. The van der Waals surface area contributed by atoms with Crippen LogP contribution in [0, 0.1) is 5.82 Å². The number of hydrogen-bond donors (Lipinski definition) is 2. The molecule has 0 aliphatic heterocycles. The molecule has 0 saturated heterocycles. The van der Waals surface area contributed by atoms with Gasteiger partial charge in [-0.1, -0.05) is 37.3 Å². The second kappa shape index (κ2) is 10.6. The van der Waals surface area contributed by atoms with Crippen molar-refractivity contribution in [2.75, 3.05) is 25.1 Å². The van der Waals surface area contributed by atoms with E-state index < -0.39 is 6.04 Å². The molecule has 5 rings (SSSR count). The van der Waals surface area contributed by atoms with Crippen LogP contribution in [0.3, 0.4) is 0 Å². The number of nitrogens with zero attached hydrogens (tertiary/aromatic N) is 5. The molecule has 38 heavy (non-hydrogen) atoms. The first-order valence-electron chi connectivity index (χ1n) is 12.7. The summed E-state index contributed by atoms with van der Waals surface area (Å²) in [4.78, 5) is 11.2. The third-order valence-corrected chi connectivity index (χ3v) is 6.62. The number of hydrogen-bond acceptors (Lipinski definition) is 6. The van der Waals surface area contributed by atoms with E-state index in [9.17, 15) is 0 Å². The van der Waals surface area contributed by atoms with Gasteiger partial charge in [-0.2, -0.15) is 5.10 Å². The number of pyridine rings is 1. The molecule has 8 heteroatoms. The van der Waals surface area contributed by atoms with Gasteiger partial charge in [-0.3, -0.25) is 4.68 Å². The van der Waals surface area contributed by atoms with Gasteiger partial charge in [0.05, 0.1) is 0 Å². The molecular weight excluding hydrogens is 477 g/mol. The monoisotopic (exact) mass is 509 g/mol. The molecule has 0 saturated carbocycles. The molecule has 0 spiro atoms. The highest BCUT2D eigenvalue weighted by atomic mass is 19.1. The summed E-state index contributed by atoms with van der Waals surface area (Å²) < 4.78 is 17.1. The highest BCUT2D eigenvalue weighted by molar-refractivity contribution is 5.92. The largest absolute Gasteiger partial charge is 0.383 e. The standard InChI is InChI=1S/C30H32FN7/c1-5-19-9-12-26(31)25(16-19)27(34-23-10-11-24-21(17-23)13-14-33-28(24)32)30-35-29(36-38(30)4)22-8-6-7-20(15-22)18-37(2)3/h6-17,27,34H,5,18H2,1-4H3,(H2,32,33).